The SMILES string of the molecule is COCCNCc1ccc(-c2cc3nccc(C)c3s2)nc1. The van der Waals surface area contributed by atoms with Gasteiger partial charge in [-0.3, -0.25) is 9.97 Å². The van der Waals surface area contributed by atoms with Gasteiger partial charge in [0, 0.05) is 32.6 Å². The van der Waals surface area contributed by atoms with Gasteiger partial charge in [0.05, 0.1) is 27.4 Å². The topological polar surface area (TPSA) is 47.0 Å². The fourth-order valence-corrected chi connectivity index (χ4v) is 3.33. The largest absolute Gasteiger partial charge is 0.383 e. The van der Waals surface area contributed by atoms with Crippen LogP contribution in [0.1, 0.15) is 11.1 Å². The Bertz CT molecular complexity index is 752. The maximum absolute atomic E-state index is 5.01. The molecule has 22 heavy (non-hydrogen) atoms. The molecular weight excluding hydrogens is 294 g/mol. The fourth-order valence-electron chi connectivity index (χ4n) is 2.27. The second kappa shape index (κ2) is 6.96. The predicted octanol–water partition coefficient (Wildman–Crippen LogP) is 3.40. The summed E-state index contributed by atoms with van der Waals surface area (Å²) in [4.78, 5) is 10.2. The van der Waals surface area contributed by atoms with Crippen molar-refractivity contribution in [3.63, 3.8) is 0 Å². The molecule has 0 saturated heterocycles. The third kappa shape index (κ3) is 3.32. The normalized spacial score (nSPS) is 11.2. The summed E-state index contributed by atoms with van der Waals surface area (Å²) in [5.41, 5.74) is 4.49. The van der Waals surface area contributed by atoms with E-state index in [1.54, 1.807) is 18.4 Å². The predicted molar refractivity (Wildman–Crippen MR) is 91.2 cm³/mol. The molecule has 1 N–H and O–H groups in total. The first-order chi connectivity index (χ1) is 10.8. The van der Waals surface area contributed by atoms with E-state index in [4.69, 9.17) is 4.74 Å². The summed E-state index contributed by atoms with van der Waals surface area (Å²) < 4.78 is 6.25. The molecule has 0 aliphatic rings. The molecule has 4 nitrogen and oxygen atoms in total. The lowest BCUT2D eigenvalue weighted by Crippen LogP contribution is -2.18. The zero-order valence-corrected chi connectivity index (χ0v) is 13.6. The van der Waals surface area contributed by atoms with E-state index in [2.05, 4.69) is 40.4 Å². The first-order valence-electron chi connectivity index (χ1n) is 7.28. The number of nitrogens with zero attached hydrogens (tertiary/aromatic N) is 2. The lowest BCUT2D eigenvalue weighted by atomic mass is 10.2. The fraction of sp³-hybridized carbons (Fsp3) is 0.294. The highest BCUT2D eigenvalue weighted by molar-refractivity contribution is 7.22. The summed E-state index contributed by atoms with van der Waals surface area (Å²) >= 11 is 1.75. The molecule has 3 rings (SSSR count). The van der Waals surface area contributed by atoms with Crippen molar-refractivity contribution in [1.82, 2.24) is 15.3 Å². The van der Waals surface area contributed by atoms with E-state index >= 15 is 0 Å². The van der Waals surface area contributed by atoms with Crippen LogP contribution >= 0.6 is 11.3 Å². The van der Waals surface area contributed by atoms with Crippen molar-refractivity contribution in [2.24, 2.45) is 0 Å². The number of thiophene rings is 1. The van der Waals surface area contributed by atoms with Crippen LogP contribution < -0.4 is 5.32 Å². The van der Waals surface area contributed by atoms with E-state index in [1.807, 2.05) is 18.5 Å². The van der Waals surface area contributed by atoms with Crippen LogP contribution in [0, 0.1) is 6.92 Å². The monoisotopic (exact) mass is 313 g/mol. The summed E-state index contributed by atoms with van der Waals surface area (Å²) in [5.74, 6) is 0. The highest BCUT2D eigenvalue weighted by Gasteiger charge is 2.08. The first kappa shape index (κ1) is 15.1. The second-order valence-electron chi connectivity index (χ2n) is 5.17. The number of aryl methyl sites for hydroxylation is 1. The molecule has 0 fully saturated rings. The third-order valence-corrected chi connectivity index (χ3v) is 4.78. The maximum atomic E-state index is 5.01. The van der Waals surface area contributed by atoms with Crippen LogP contribution in [0.25, 0.3) is 20.8 Å². The van der Waals surface area contributed by atoms with E-state index in [-0.39, 0.29) is 0 Å². The number of hydrogen-bond acceptors (Lipinski definition) is 5. The van der Waals surface area contributed by atoms with E-state index in [1.165, 1.54) is 15.8 Å². The number of methoxy groups -OCH3 is 1. The molecular formula is C17H19N3OS. The van der Waals surface area contributed by atoms with Gasteiger partial charge in [-0.05, 0) is 36.2 Å². The van der Waals surface area contributed by atoms with Gasteiger partial charge >= 0.3 is 0 Å². The highest BCUT2D eigenvalue weighted by atomic mass is 32.1. The summed E-state index contributed by atoms with van der Waals surface area (Å²) in [6.45, 7) is 4.50. The van der Waals surface area contributed by atoms with E-state index < -0.39 is 0 Å². The minimum Gasteiger partial charge on any atom is -0.383 e. The molecule has 0 aliphatic heterocycles. The molecule has 3 heterocycles. The molecule has 3 aromatic rings. The molecule has 114 valence electrons. The van der Waals surface area contributed by atoms with Crippen LogP contribution in [0.3, 0.4) is 0 Å². The number of nitrogens with one attached hydrogen (secondary N) is 1. The molecule has 3 aromatic heterocycles. The van der Waals surface area contributed by atoms with Crippen LogP contribution in [0.15, 0.2) is 36.7 Å². The molecule has 0 unspecified atom stereocenters. The number of hydrogen-bond donors (Lipinski definition) is 1. The van der Waals surface area contributed by atoms with E-state index in [0.717, 1.165) is 35.8 Å². The van der Waals surface area contributed by atoms with Gasteiger partial charge in [-0.15, -0.1) is 11.3 Å². The third-order valence-electron chi connectivity index (χ3n) is 3.50. The lowest BCUT2D eigenvalue weighted by Gasteiger charge is -2.04. The Hall–Kier alpha value is -1.82. The van der Waals surface area contributed by atoms with Gasteiger partial charge in [-0.2, -0.15) is 0 Å². The summed E-state index contributed by atoms with van der Waals surface area (Å²) in [5, 5.41) is 3.32. The van der Waals surface area contributed by atoms with Crippen molar-refractivity contribution in [3.05, 3.63) is 47.8 Å². The summed E-state index contributed by atoms with van der Waals surface area (Å²) in [6.07, 6.45) is 3.79. The van der Waals surface area contributed by atoms with Gasteiger partial charge in [-0.25, -0.2) is 0 Å². The van der Waals surface area contributed by atoms with Gasteiger partial charge in [0.1, 0.15) is 0 Å². The summed E-state index contributed by atoms with van der Waals surface area (Å²) in [7, 11) is 1.71. The number of ether oxygens (including phenoxy) is 1. The van der Waals surface area contributed by atoms with Gasteiger partial charge in [0.25, 0.3) is 0 Å². The Balaban J connectivity index is 1.75. The molecule has 0 spiro atoms. The zero-order valence-electron chi connectivity index (χ0n) is 12.8. The number of rotatable bonds is 6. The molecule has 0 atom stereocenters. The molecule has 0 aliphatic carbocycles. The van der Waals surface area contributed by atoms with Crippen molar-refractivity contribution in [2.75, 3.05) is 20.3 Å². The van der Waals surface area contributed by atoms with Gasteiger partial charge in [0.15, 0.2) is 0 Å². The average Bonchev–Trinajstić information content (AvgIpc) is 2.98. The van der Waals surface area contributed by atoms with Gasteiger partial charge in [0.2, 0.25) is 0 Å². The smallest absolute Gasteiger partial charge is 0.0819 e. The zero-order chi connectivity index (χ0) is 15.4. The Kier molecular flexibility index (Phi) is 4.77. The Labute approximate surface area is 134 Å². The van der Waals surface area contributed by atoms with Gasteiger partial charge in [-0.1, -0.05) is 6.07 Å². The standard InChI is InChI=1S/C17H19N3OS/c1-12-5-6-19-15-9-16(22-17(12)15)14-4-3-13(11-20-14)10-18-7-8-21-2/h3-6,9,11,18H,7-8,10H2,1-2H3. The van der Waals surface area contributed by atoms with Crippen LogP contribution in [-0.2, 0) is 11.3 Å². The number of fused-ring (bicyclic) bond motifs is 1. The van der Waals surface area contributed by atoms with E-state index in [0.29, 0.717) is 0 Å². The van der Waals surface area contributed by atoms with E-state index in [9.17, 15) is 0 Å². The molecule has 0 amide bonds. The van der Waals surface area contributed by atoms with Crippen molar-refractivity contribution in [2.45, 2.75) is 13.5 Å². The molecule has 0 radical (unpaired) electrons. The number of pyridine rings is 2. The number of aromatic nitrogens is 2. The molecule has 5 heteroatoms. The second-order valence-corrected chi connectivity index (χ2v) is 6.23. The summed E-state index contributed by atoms with van der Waals surface area (Å²) in [6, 6.07) is 8.36. The van der Waals surface area contributed by atoms with Crippen molar-refractivity contribution >= 4 is 21.6 Å². The average molecular weight is 313 g/mol. The molecule has 0 aromatic carbocycles. The Morgan fingerprint density at radius 1 is 1.23 bits per heavy atom. The maximum Gasteiger partial charge on any atom is 0.0819 e. The molecule has 0 bridgehead atoms. The van der Waals surface area contributed by atoms with Crippen LogP contribution in [-0.4, -0.2) is 30.2 Å². The van der Waals surface area contributed by atoms with Crippen LogP contribution in [0.2, 0.25) is 0 Å². The first-order valence-corrected chi connectivity index (χ1v) is 8.09. The highest BCUT2D eigenvalue weighted by Crippen LogP contribution is 2.33. The quantitative estimate of drug-likeness (QED) is 0.709. The Morgan fingerprint density at radius 2 is 2.14 bits per heavy atom. The lowest BCUT2D eigenvalue weighted by molar-refractivity contribution is 0.199. The Morgan fingerprint density at radius 3 is 2.86 bits per heavy atom. The van der Waals surface area contributed by atoms with Crippen molar-refractivity contribution < 1.29 is 4.74 Å². The van der Waals surface area contributed by atoms with Crippen molar-refractivity contribution in [1.29, 1.82) is 0 Å². The molecule has 0 saturated carbocycles. The minimum absolute atomic E-state index is 0.722. The van der Waals surface area contributed by atoms with Crippen LogP contribution in [0.5, 0.6) is 0 Å². The van der Waals surface area contributed by atoms with Gasteiger partial charge < -0.3 is 10.1 Å². The van der Waals surface area contributed by atoms with Crippen molar-refractivity contribution in [3.8, 4) is 10.6 Å². The van der Waals surface area contributed by atoms with Crippen LogP contribution in [0.4, 0.5) is 0 Å². The minimum atomic E-state index is 0.722.